The molecular weight excluding hydrogens is 314 g/mol. The number of sulfone groups is 1. The third kappa shape index (κ3) is 4.80. The summed E-state index contributed by atoms with van der Waals surface area (Å²) in [5, 5.41) is 3.29. The highest BCUT2D eigenvalue weighted by atomic mass is 32.2. The van der Waals surface area contributed by atoms with Gasteiger partial charge in [0.2, 0.25) is 10.0 Å². The maximum atomic E-state index is 12.3. The first-order chi connectivity index (χ1) is 9.68. The molecule has 0 saturated heterocycles. The average Bonchev–Trinajstić information content (AvgIpc) is 3.08. The Hall–Kier alpha value is -0.900. The molecule has 2 N–H and O–H groups in total. The van der Waals surface area contributed by atoms with Gasteiger partial charge in [0.05, 0.1) is 10.6 Å². The summed E-state index contributed by atoms with van der Waals surface area (Å²) in [7, 11) is -5.46. The van der Waals surface area contributed by atoms with Crippen LogP contribution in [0.25, 0.3) is 0 Å². The monoisotopic (exact) mass is 335 g/mol. The minimum Gasteiger partial charge on any atom is -0.363 e. The van der Waals surface area contributed by atoms with Gasteiger partial charge < -0.3 is 10.3 Å². The fourth-order valence-corrected chi connectivity index (χ4v) is 3.72. The zero-order valence-corrected chi connectivity index (χ0v) is 13.8. The Labute approximate surface area is 125 Å². The topological polar surface area (TPSA) is 99.3 Å². The lowest BCUT2D eigenvalue weighted by molar-refractivity contribution is 0.485. The van der Waals surface area contributed by atoms with Crippen LogP contribution in [0.5, 0.6) is 0 Å². The van der Waals surface area contributed by atoms with Gasteiger partial charge in [-0.25, -0.2) is 16.8 Å². The van der Waals surface area contributed by atoms with Crippen molar-refractivity contribution >= 4 is 19.9 Å². The van der Waals surface area contributed by atoms with Gasteiger partial charge in [-0.1, -0.05) is 0 Å². The summed E-state index contributed by atoms with van der Waals surface area (Å²) in [6, 6.07) is 2.13. The number of hydrogen-bond donors (Lipinski definition) is 2. The summed E-state index contributed by atoms with van der Waals surface area (Å²) in [4.78, 5) is 3.09. The molecule has 0 aromatic carbocycles. The van der Waals surface area contributed by atoms with Gasteiger partial charge in [0.15, 0.2) is 0 Å². The zero-order chi connectivity index (χ0) is 15.7. The zero-order valence-electron chi connectivity index (χ0n) is 12.2. The van der Waals surface area contributed by atoms with Gasteiger partial charge in [0.1, 0.15) is 9.84 Å². The molecule has 1 aliphatic carbocycles. The Morgan fingerprint density at radius 1 is 1.33 bits per heavy atom. The Morgan fingerprint density at radius 2 is 2.00 bits per heavy atom. The van der Waals surface area contributed by atoms with Gasteiger partial charge in [-0.15, -0.1) is 0 Å². The number of sulfonamides is 1. The van der Waals surface area contributed by atoms with Gasteiger partial charge >= 0.3 is 0 Å². The van der Waals surface area contributed by atoms with Crippen LogP contribution in [0.1, 0.15) is 18.5 Å². The molecule has 1 aliphatic rings. The number of hydrogen-bond acceptors (Lipinski definition) is 5. The highest BCUT2D eigenvalue weighted by molar-refractivity contribution is 7.91. The van der Waals surface area contributed by atoms with E-state index in [0.29, 0.717) is 12.6 Å². The van der Waals surface area contributed by atoms with Crippen molar-refractivity contribution in [2.24, 2.45) is 0 Å². The largest absolute Gasteiger partial charge is 0.363 e. The Balaban J connectivity index is 2.00. The van der Waals surface area contributed by atoms with Crippen molar-refractivity contribution in [2.75, 3.05) is 25.6 Å². The summed E-state index contributed by atoms with van der Waals surface area (Å²) in [6.45, 7) is 0.551. The summed E-state index contributed by atoms with van der Waals surface area (Å²) >= 11 is 0. The summed E-state index contributed by atoms with van der Waals surface area (Å²) in [5.74, 6) is -0.191. The molecule has 1 heterocycles. The molecule has 1 saturated carbocycles. The van der Waals surface area contributed by atoms with Crippen molar-refractivity contribution in [1.29, 1.82) is 0 Å². The predicted octanol–water partition coefficient (Wildman–Crippen LogP) is -0.0682. The minimum atomic E-state index is -3.65. The van der Waals surface area contributed by atoms with E-state index in [4.69, 9.17) is 0 Å². The smallest absolute Gasteiger partial charge is 0.244 e. The number of nitrogens with one attached hydrogen (secondary N) is 2. The molecule has 0 spiro atoms. The molecule has 1 aromatic rings. The van der Waals surface area contributed by atoms with Crippen molar-refractivity contribution in [3.8, 4) is 0 Å². The van der Waals surface area contributed by atoms with Gasteiger partial charge in [-0.3, -0.25) is 0 Å². The molecule has 9 heteroatoms. The van der Waals surface area contributed by atoms with Gasteiger partial charge in [0, 0.05) is 44.3 Å². The maximum Gasteiger partial charge on any atom is 0.244 e. The Bertz CT molecular complexity index is 690. The van der Waals surface area contributed by atoms with E-state index in [1.54, 1.807) is 6.07 Å². The molecule has 1 fully saturated rings. The van der Waals surface area contributed by atoms with E-state index in [1.807, 2.05) is 0 Å². The summed E-state index contributed by atoms with van der Waals surface area (Å²) < 4.78 is 47.9. The molecule has 120 valence electrons. The molecular formula is C12H21N3O4S2. The summed E-state index contributed by atoms with van der Waals surface area (Å²) in [6.07, 6.45) is 4.86. The SMILES string of the molecule is CN(CCS(C)(=O)=O)S(=O)(=O)c1c[nH]c(CNC2CC2)c1. The lowest BCUT2D eigenvalue weighted by atomic mass is 10.4. The highest BCUT2D eigenvalue weighted by Crippen LogP contribution is 2.20. The van der Waals surface area contributed by atoms with E-state index in [-0.39, 0.29) is 17.2 Å². The molecule has 7 nitrogen and oxygen atoms in total. The van der Waals surface area contributed by atoms with Crippen LogP contribution >= 0.6 is 0 Å². The second-order valence-corrected chi connectivity index (χ2v) is 9.78. The fourth-order valence-electron chi connectivity index (χ4n) is 1.81. The standard InChI is InChI=1S/C12H21N3O4S2/c1-15(5-6-20(2,16)17)21(18,19)12-7-11(14-9-12)8-13-10-3-4-10/h7,9-10,13-14H,3-6,8H2,1-2H3. The van der Waals surface area contributed by atoms with E-state index in [0.717, 1.165) is 16.3 Å². The normalized spacial score (nSPS) is 16.5. The average molecular weight is 335 g/mol. The van der Waals surface area contributed by atoms with Crippen LogP contribution in [0.3, 0.4) is 0 Å². The van der Waals surface area contributed by atoms with E-state index < -0.39 is 19.9 Å². The fraction of sp³-hybridized carbons (Fsp3) is 0.667. The van der Waals surface area contributed by atoms with Crippen molar-refractivity contribution in [3.63, 3.8) is 0 Å². The van der Waals surface area contributed by atoms with Crippen molar-refractivity contribution in [2.45, 2.75) is 30.3 Å². The van der Waals surface area contributed by atoms with Crippen LogP contribution in [-0.4, -0.2) is 57.8 Å². The molecule has 0 amide bonds. The lowest BCUT2D eigenvalue weighted by Crippen LogP contribution is -2.31. The van der Waals surface area contributed by atoms with E-state index in [1.165, 1.54) is 26.1 Å². The Kier molecular flexibility index (Phi) is 4.76. The number of aromatic nitrogens is 1. The van der Waals surface area contributed by atoms with E-state index in [2.05, 4.69) is 10.3 Å². The number of aromatic amines is 1. The second-order valence-electron chi connectivity index (χ2n) is 5.47. The molecule has 0 bridgehead atoms. The van der Waals surface area contributed by atoms with Crippen LogP contribution in [-0.2, 0) is 26.4 Å². The first kappa shape index (κ1) is 16.5. The number of H-pyrrole nitrogens is 1. The molecule has 0 aliphatic heterocycles. The third-order valence-corrected chi connectivity index (χ3v) is 6.12. The van der Waals surface area contributed by atoms with Crippen molar-refractivity contribution in [3.05, 3.63) is 18.0 Å². The van der Waals surface area contributed by atoms with Crippen LogP contribution in [0, 0.1) is 0 Å². The van der Waals surface area contributed by atoms with Crippen LogP contribution < -0.4 is 5.32 Å². The third-order valence-electron chi connectivity index (χ3n) is 3.36. The van der Waals surface area contributed by atoms with E-state index in [9.17, 15) is 16.8 Å². The molecule has 0 atom stereocenters. The number of nitrogens with zero attached hydrogens (tertiary/aromatic N) is 1. The van der Waals surface area contributed by atoms with Gasteiger partial charge in [-0.2, -0.15) is 4.31 Å². The first-order valence-electron chi connectivity index (χ1n) is 6.73. The maximum absolute atomic E-state index is 12.3. The van der Waals surface area contributed by atoms with E-state index >= 15 is 0 Å². The second kappa shape index (κ2) is 6.07. The summed E-state index contributed by atoms with van der Waals surface area (Å²) in [5.41, 5.74) is 0.803. The predicted molar refractivity (Wildman–Crippen MR) is 80.2 cm³/mol. The minimum absolute atomic E-state index is 0.0536. The molecule has 2 rings (SSSR count). The van der Waals surface area contributed by atoms with Crippen LogP contribution in [0.15, 0.2) is 17.2 Å². The molecule has 1 aromatic heterocycles. The molecule has 21 heavy (non-hydrogen) atoms. The Morgan fingerprint density at radius 3 is 2.57 bits per heavy atom. The molecule has 0 radical (unpaired) electrons. The quantitative estimate of drug-likeness (QED) is 0.693. The van der Waals surface area contributed by atoms with Crippen LogP contribution in [0.4, 0.5) is 0 Å². The number of rotatable bonds is 8. The van der Waals surface area contributed by atoms with Crippen LogP contribution in [0.2, 0.25) is 0 Å². The van der Waals surface area contributed by atoms with Crippen molar-refractivity contribution in [1.82, 2.24) is 14.6 Å². The first-order valence-corrected chi connectivity index (χ1v) is 10.2. The lowest BCUT2D eigenvalue weighted by Gasteiger charge is -2.15. The van der Waals surface area contributed by atoms with Gasteiger partial charge in [-0.05, 0) is 18.9 Å². The highest BCUT2D eigenvalue weighted by Gasteiger charge is 2.24. The van der Waals surface area contributed by atoms with Crippen molar-refractivity contribution < 1.29 is 16.8 Å². The van der Waals surface area contributed by atoms with Gasteiger partial charge in [0.25, 0.3) is 0 Å². The molecule has 0 unspecified atom stereocenters.